The molecule has 1 aromatic carbocycles. The minimum absolute atomic E-state index is 0.645. The number of hydrogen-bond acceptors (Lipinski definition) is 7. The van der Waals surface area contributed by atoms with E-state index in [1.54, 1.807) is 0 Å². The van der Waals surface area contributed by atoms with E-state index in [1.165, 1.54) is 0 Å². The van der Waals surface area contributed by atoms with Gasteiger partial charge in [-0.15, -0.1) is 0 Å². The van der Waals surface area contributed by atoms with E-state index in [0.717, 1.165) is 41.4 Å². The fourth-order valence-corrected chi connectivity index (χ4v) is 3.21. The molecule has 4 rings (SSSR count). The third-order valence-corrected chi connectivity index (χ3v) is 4.52. The fraction of sp³-hybridized carbons (Fsp3) is 0.421. The van der Waals surface area contributed by atoms with Gasteiger partial charge in [0.2, 0.25) is 5.95 Å². The Hall–Kier alpha value is -2.87. The van der Waals surface area contributed by atoms with Crippen molar-refractivity contribution in [1.29, 1.82) is 0 Å². The Labute approximate surface area is 157 Å². The number of nitrogens with one attached hydrogen (secondary N) is 2. The lowest BCUT2D eigenvalue weighted by molar-refractivity contribution is 0.122. The molecule has 2 aromatic heterocycles. The van der Waals surface area contributed by atoms with Gasteiger partial charge in [0.15, 0.2) is 11.5 Å². The molecule has 1 fully saturated rings. The molecule has 0 bridgehead atoms. The van der Waals surface area contributed by atoms with Crippen LogP contribution >= 0.6 is 0 Å². The Bertz CT molecular complexity index is 949. The van der Waals surface area contributed by atoms with Crippen LogP contribution in [-0.4, -0.2) is 52.8 Å². The Morgan fingerprint density at radius 3 is 2.74 bits per heavy atom. The van der Waals surface area contributed by atoms with Crippen molar-refractivity contribution in [2.75, 3.05) is 43.1 Å². The molecule has 27 heavy (non-hydrogen) atoms. The molecule has 0 spiro atoms. The van der Waals surface area contributed by atoms with Gasteiger partial charge in [0, 0.05) is 18.8 Å². The molecule has 8 nitrogen and oxygen atoms in total. The molecule has 1 saturated heterocycles. The number of imidazole rings is 1. The summed E-state index contributed by atoms with van der Waals surface area (Å²) < 4.78 is 11.0. The van der Waals surface area contributed by atoms with Crippen LogP contribution in [0, 0.1) is 13.8 Å². The molecule has 8 heteroatoms. The van der Waals surface area contributed by atoms with Crippen LogP contribution in [0.3, 0.4) is 0 Å². The lowest BCUT2D eigenvalue weighted by Crippen LogP contribution is -2.37. The first kappa shape index (κ1) is 17.5. The van der Waals surface area contributed by atoms with Crippen LogP contribution < -0.4 is 15.0 Å². The molecule has 142 valence electrons. The zero-order chi connectivity index (χ0) is 18.8. The smallest absolute Gasteiger partial charge is 0.207 e. The van der Waals surface area contributed by atoms with Gasteiger partial charge in [-0.1, -0.05) is 0 Å². The molecule has 3 heterocycles. The molecule has 1 aliphatic rings. The van der Waals surface area contributed by atoms with E-state index in [0.29, 0.717) is 37.2 Å². The number of rotatable bonds is 5. The predicted octanol–water partition coefficient (Wildman–Crippen LogP) is 2.95. The number of nitrogens with zero attached hydrogens (tertiary/aromatic N) is 4. The van der Waals surface area contributed by atoms with E-state index in [-0.39, 0.29) is 0 Å². The van der Waals surface area contributed by atoms with E-state index < -0.39 is 0 Å². The molecule has 0 radical (unpaired) electrons. The number of H-pyrrole nitrogens is 1. The quantitative estimate of drug-likeness (QED) is 0.716. The molecule has 2 N–H and O–H groups in total. The number of benzene rings is 1. The van der Waals surface area contributed by atoms with Crippen LogP contribution in [0.1, 0.15) is 18.3 Å². The molecule has 0 atom stereocenters. The highest BCUT2D eigenvalue weighted by atomic mass is 16.5. The van der Waals surface area contributed by atoms with Gasteiger partial charge in [0.1, 0.15) is 17.1 Å². The zero-order valence-electron chi connectivity index (χ0n) is 15.9. The second kappa shape index (κ2) is 7.40. The van der Waals surface area contributed by atoms with Crippen LogP contribution in [0.5, 0.6) is 5.75 Å². The maximum atomic E-state index is 5.55. The van der Waals surface area contributed by atoms with Gasteiger partial charge in [0.25, 0.3) is 0 Å². The topological polar surface area (TPSA) is 88.2 Å². The largest absolute Gasteiger partial charge is 0.494 e. The van der Waals surface area contributed by atoms with E-state index in [1.807, 2.05) is 39.0 Å². The van der Waals surface area contributed by atoms with Gasteiger partial charge in [0.05, 0.1) is 19.8 Å². The molecule has 0 aliphatic carbocycles. The van der Waals surface area contributed by atoms with Crippen LogP contribution in [0.4, 0.5) is 17.5 Å². The summed E-state index contributed by atoms with van der Waals surface area (Å²) in [5.74, 6) is 3.09. The van der Waals surface area contributed by atoms with Crippen LogP contribution in [0.25, 0.3) is 11.2 Å². The number of fused-ring (bicyclic) bond motifs is 1. The standard InChI is InChI=1S/C19H24N6O2/c1-4-27-14-5-6-15(12(2)11-14)22-19-23-16-17(24-19)20-13(3)21-18(16)25-7-9-26-10-8-25/h5-6,11H,4,7-10H2,1-3H3,(H2,20,21,22,23,24). The minimum atomic E-state index is 0.645. The maximum absolute atomic E-state index is 5.55. The number of morpholine rings is 1. The average molecular weight is 368 g/mol. The molecule has 1 aliphatic heterocycles. The Balaban J connectivity index is 1.65. The van der Waals surface area contributed by atoms with Crippen molar-refractivity contribution in [3.63, 3.8) is 0 Å². The second-order valence-corrected chi connectivity index (χ2v) is 6.51. The minimum Gasteiger partial charge on any atom is -0.494 e. The molecule has 0 unspecified atom stereocenters. The first-order valence-electron chi connectivity index (χ1n) is 9.21. The monoisotopic (exact) mass is 368 g/mol. The molecule has 3 aromatic rings. The van der Waals surface area contributed by atoms with Crippen molar-refractivity contribution in [3.8, 4) is 5.75 Å². The second-order valence-electron chi connectivity index (χ2n) is 6.51. The van der Waals surface area contributed by atoms with Crippen molar-refractivity contribution < 1.29 is 9.47 Å². The van der Waals surface area contributed by atoms with Crippen LogP contribution in [-0.2, 0) is 4.74 Å². The van der Waals surface area contributed by atoms with Crippen molar-refractivity contribution in [2.24, 2.45) is 0 Å². The third-order valence-electron chi connectivity index (χ3n) is 4.52. The highest BCUT2D eigenvalue weighted by Gasteiger charge is 2.19. The van der Waals surface area contributed by atoms with Crippen LogP contribution in [0.15, 0.2) is 18.2 Å². The molecular formula is C19H24N6O2. The predicted molar refractivity (Wildman–Crippen MR) is 105 cm³/mol. The summed E-state index contributed by atoms with van der Waals surface area (Å²) >= 11 is 0. The summed E-state index contributed by atoms with van der Waals surface area (Å²) in [5, 5.41) is 3.35. The van der Waals surface area contributed by atoms with Gasteiger partial charge >= 0.3 is 0 Å². The first-order valence-corrected chi connectivity index (χ1v) is 9.21. The maximum Gasteiger partial charge on any atom is 0.207 e. The van der Waals surface area contributed by atoms with Gasteiger partial charge in [-0.2, -0.15) is 4.98 Å². The Morgan fingerprint density at radius 2 is 2.00 bits per heavy atom. The van der Waals surface area contributed by atoms with E-state index in [2.05, 4.69) is 30.2 Å². The lowest BCUT2D eigenvalue weighted by atomic mass is 10.2. The van der Waals surface area contributed by atoms with Crippen molar-refractivity contribution >= 4 is 28.6 Å². The number of hydrogen-bond donors (Lipinski definition) is 2. The summed E-state index contributed by atoms with van der Waals surface area (Å²) in [6.45, 7) is 9.59. The van der Waals surface area contributed by atoms with E-state index in [9.17, 15) is 0 Å². The summed E-state index contributed by atoms with van der Waals surface area (Å²) in [6, 6.07) is 5.95. The average Bonchev–Trinajstić information content (AvgIpc) is 3.06. The van der Waals surface area contributed by atoms with Gasteiger partial charge in [-0.05, 0) is 44.5 Å². The molecular weight excluding hydrogens is 344 g/mol. The van der Waals surface area contributed by atoms with Gasteiger partial charge in [-0.25, -0.2) is 9.97 Å². The summed E-state index contributed by atoms with van der Waals surface area (Å²) in [6.07, 6.45) is 0. The number of anilines is 3. The highest BCUT2D eigenvalue weighted by Crippen LogP contribution is 2.27. The van der Waals surface area contributed by atoms with Crippen molar-refractivity contribution in [2.45, 2.75) is 20.8 Å². The van der Waals surface area contributed by atoms with Crippen molar-refractivity contribution in [3.05, 3.63) is 29.6 Å². The van der Waals surface area contributed by atoms with Gasteiger partial charge in [-0.3, -0.25) is 0 Å². The zero-order valence-corrected chi connectivity index (χ0v) is 15.9. The summed E-state index contributed by atoms with van der Waals surface area (Å²) in [4.78, 5) is 19.3. The Kier molecular flexibility index (Phi) is 4.81. The number of ether oxygens (including phenoxy) is 2. The number of aryl methyl sites for hydroxylation is 2. The van der Waals surface area contributed by atoms with E-state index in [4.69, 9.17) is 9.47 Å². The summed E-state index contributed by atoms with van der Waals surface area (Å²) in [7, 11) is 0. The fourth-order valence-electron chi connectivity index (χ4n) is 3.21. The van der Waals surface area contributed by atoms with Crippen LogP contribution in [0.2, 0.25) is 0 Å². The first-order chi connectivity index (χ1) is 13.1. The Morgan fingerprint density at radius 1 is 1.19 bits per heavy atom. The SMILES string of the molecule is CCOc1ccc(Nc2nc3nc(C)nc(N4CCOCC4)c3[nH]2)c(C)c1. The number of aromatic amines is 1. The normalized spacial score (nSPS) is 14.6. The van der Waals surface area contributed by atoms with Gasteiger partial charge < -0.3 is 24.7 Å². The third kappa shape index (κ3) is 3.66. The number of aromatic nitrogens is 4. The van der Waals surface area contributed by atoms with E-state index >= 15 is 0 Å². The van der Waals surface area contributed by atoms with Crippen molar-refractivity contribution in [1.82, 2.24) is 19.9 Å². The molecule has 0 amide bonds. The highest BCUT2D eigenvalue weighted by molar-refractivity contribution is 5.86. The molecule has 0 saturated carbocycles. The lowest BCUT2D eigenvalue weighted by Gasteiger charge is -2.28. The summed E-state index contributed by atoms with van der Waals surface area (Å²) in [5.41, 5.74) is 3.55.